The molecular formula is C13H16BrN. The molecule has 0 radical (unpaired) electrons. The number of hydrogen-bond acceptors (Lipinski definition) is 1. The molecule has 1 saturated carbocycles. The Morgan fingerprint density at radius 2 is 1.67 bits per heavy atom. The molecule has 1 aromatic carbocycles. The molecule has 0 aromatic heterocycles. The highest BCUT2D eigenvalue weighted by Gasteiger charge is 2.52. The third-order valence-electron chi connectivity index (χ3n) is 3.80. The van der Waals surface area contributed by atoms with E-state index < -0.39 is 0 Å². The molecule has 0 N–H and O–H groups in total. The number of nitrogens with zero attached hydrogens (tertiary/aromatic N) is 1. The summed E-state index contributed by atoms with van der Waals surface area (Å²) in [7, 11) is 0. The molecule has 2 heteroatoms. The van der Waals surface area contributed by atoms with Gasteiger partial charge in [0.25, 0.3) is 0 Å². The minimum Gasteiger partial charge on any atom is -0.370 e. The van der Waals surface area contributed by atoms with Crippen LogP contribution in [-0.4, -0.2) is 13.1 Å². The summed E-state index contributed by atoms with van der Waals surface area (Å²) < 4.78 is 1.26. The van der Waals surface area contributed by atoms with E-state index in [1.807, 2.05) is 0 Å². The maximum absolute atomic E-state index is 3.62. The van der Waals surface area contributed by atoms with Gasteiger partial charge >= 0.3 is 0 Å². The van der Waals surface area contributed by atoms with Gasteiger partial charge in [0.15, 0.2) is 0 Å². The fourth-order valence-electron chi connectivity index (χ4n) is 2.54. The molecule has 0 unspecified atom stereocenters. The van der Waals surface area contributed by atoms with Crippen LogP contribution in [0.4, 0.5) is 5.69 Å². The zero-order valence-corrected chi connectivity index (χ0v) is 10.9. The first-order valence-electron chi connectivity index (χ1n) is 5.61. The van der Waals surface area contributed by atoms with Crippen molar-refractivity contribution in [3.8, 4) is 0 Å². The first-order valence-corrected chi connectivity index (χ1v) is 6.41. The first-order chi connectivity index (χ1) is 7.10. The van der Waals surface area contributed by atoms with Crippen molar-refractivity contribution >= 4 is 21.6 Å². The van der Waals surface area contributed by atoms with Crippen molar-refractivity contribution in [2.45, 2.75) is 26.7 Å². The highest BCUT2D eigenvalue weighted by Crippen LogP contribution is 2.54. The summed E-state index contributed by atoms with van der Waals surface area (Å²) in [6.07, 6.45) is 2.91. The summed E-state index contributed by atoms with van der Waals surface area (Å²) in [5, 5.41) is 0. The molecule has 80 valence electrons. The van der Waals surface area contributed by atoms with Crippen LogP contribution >= 0.6 is 15.9 Å². The van der Waals surface area contributed by atoms with Crippen LogP contribution < -0.4 is 4.90 Å². The van der Waals surface area contributed by atoms with Gasteiger partial charge in [0.05, 0.1) is 0 Å². The van der Waals surface area contributed by atoms with E-state index in [0.717, 1.165) is 5.41 Å². The molecule has 2 fully saturated rings. The minimum atomic E-state index is 0.745. The predicted octanol–water partition coefficient (Wildman–Crippen LogP) is 3.67. The van der Waals surface area contributed by atoms with Crippen LogP contribution in [0, 0.1) is 19.3 Å². The lowest BCUT2D eigenvalue weighted by Gasteiger charge is -2.42. The van der Waals surface area contributed by atoms with E-state index in [4.69, 9.17) is 0 Å². The molecular weight excluding hydrogens is 250 g/mol. The Balaban J connectivity index is 1.86. The molecule has 3 rings (SSSR count). The number of benzene rings is 1. The Bertz CT molecular complexity index is 390. The molecule has 2 aliphatic rings. The highest BCUT2D eigenvalue weighted by atomic mass is 79.9. The van der Waals surface area contributed by atoms with E-state index in [1.54, 1.807) is 0 Å². The SMILES string of the molecule is Cc1cc(N2CC3(CC3)C2)cc(C)c1Br. The molecule has 1 nitrogen and oxygen atoms in total. The third-order valence-corrected chi connectivity index (χ3v) is 5.05. The van der Waals surface area contributed by atoms with Crippen LogP contribution in [0.2, 0.25) is 0 Å². The molecule has 0 bridgehead atoms. The van der Waals surface area contributed by atoms with Crippen molar-refractivity contribution < 1.29 is 0 Å². The lowest BCUT2D eigenvalue weighted by molar-refractivity contribution is 0.387. The van der Waals surface area contributed by atoms with E-state index >= 15 is 0 Å². The van der Waals surface area contributed by atoms with Gasteiger partial charge in [-0.2, -0.15) is 0 Å². The maximum atomic E-state index is 3.62. The molecule has 1 heterocycles. The molecule has 15 heavy (non-hydrogen) atoms. The van der Waals surface area contributed by atoms with Crippen LogP contribution in [0.5, 0.6) is 0 Å². The maximum Gasteiger partial charge on any atom is 0.0372 e. The number of anilines is 1. The average Bonchev–Trinajstić information content (AvgIpc) is 2.90. The second-order valence-corrected chi connectivity index (χ2v) is 6.04. The van der Waals surface area contributed by atoms with Crippen LogP contribution in [0.15, 0.2) is 16.6 Å². The van der Waals surface area contributed by atoms with Crippen molar-refractivity contribution in [2.75, 3.05) is 18.0 Å². The van der Waals surface area contributed by atoms with Gasteiger partial charge in [-0.1, -0.05) is 15.9 Å². The molecule has 1 aromatic rings. The predicted molar refractivity (Wildman–Crippen MR) is 67.5 cm³/mol. The number of aryl methyl sites for hydroxylation is 2. The van der Waals surface area contributed by atoms with Crippen LogP contribution in [0.25, 0.3) is 0 Å². The Morgan fingerprint density at radius 3 is 2.13 bits per heavy atom. The van der Waals surface area contributed by atoms with E-state index in [1.165, 1.54) is 47.2 Å². The van der Waals surface area contributed by atoms with Crippen molar-refractivity contribution in [3.05, 3.63) is 27.7 Å². The Kier molecular flexibility index (Phi) is 1.94. The molecule has 1 aliphatic carbocycles. The molecule has 0 amide bonds. The van der Waals surface area contributed by atoms with Gasteiger partial charge in [-0.3, -0.25) is 0 Å². The molecule has 1 spiro atoms. The van der Waals surface area contributed by atoms with E-state index in [2.05, 4.69) is 46.8 Å². The van der Waals surface area contributed by atoms with Gasteiger partial charge in [-0.25, -0.2) is 0 Å². The third kappa shape index (κ3) is 1.50. The van der Waals surface area contributed by atoms with Crippen molar-refractivity contribution in [2.24, 2.45) is 5.41 Å². The Hall–Kier alpha value is -0.500. The fourth-order valence-corrected chi connectivity index (χ4v) is 2.77. The Labute approximate surface area is 99.6 Å². The van der Waals surface area contributed by atoms with E-state index in [9.17, 15) is 0 Å². The monoisotopic (exact) mass is 265 g/mol. The lowest BCUT2D eigenvalue weighted by Crippen LogP contribution is -2.48. The number of halogens is 1. The van der Waals surface area contributed by atoms with E-state index in [0.29, 0.717) is 0 Å². The molecule has 1 aliphatic heterocycles. The van der Waals surface area contributed by atoms with Crippen LogP contribution in [0.3, 0.4) is 0 Å². The summed E-state index contributed by atoms with van der Waals surface area (Å²) in [4.78, 5) is 2.51. The van der Waals surface area contributed by atoms with Gasteiger partial charge in [0, 0.05) is 28.7 Å². The average molecular weight is 266 g/mol. The lowest BCUT2D eigenvalue weighted by atomic mass is 9.95. The summed E-state index contributed by atoms with van der Waals surface area (Å²) >= 11 is 3.62. The van der Waals surface area contributed by atoms with Crippen molar-refractivity contribution in [1.29, 1.82) is 0 Å². The number of hydrogen-bond donors (Lipinski definition) is 0. The van der Waals surface area contributed by atoms with E-state index in [-0.39, 0.29) is 0 Å². The summed E-state index contributed by atoms with van der Waals surface area (Å²) in [6.45, 7) is 6.92. The zero-order chi connectivity index (χ0) is 10.6. The van der Waals surface area contributed by atoms with Crippen LogP contribution in [-0.2, 0) is 0 Å². The van der Waals surface area contributed by atoms with Gasteiger partial charge in [0.2, 0.25) is 0 Å². The summed E-state index contributed by atoms with van der Waals surface area (Å²) in [5.74, 6) is 0. The zero-order valence-electron chi connectivity index (χ0n) is 9.31. The normalized spacial score (nSPS) is 21.7. The largest absolute Gasteiger partial charge is 0.370 e. The van der Waals surface area contributed by atoms with Crippen LogP contribution in [0.1, 0.15) is 24.0 Å². The second-order valence-electron chi connectivity index (χ2n) is 5.25. The highest BCUT2D eigenvalue weighted by molar-refractivity contribution is 9.10. The van der Waals surface area contributed by atoms with Gasteiger partial charge < -0.3 is 4.90 Å². The Morgan fingerprint density at radius 1 is 1.13 bits per heavy atom. The topological polar surface area (TPSA) is 3.24 Å². The summed E-state index contributed by atoms with van der Waals surface area (Å²) in [6, 6.07) is 4.60. The fraction of sp³-hybridized carbons (Fsp3) is 0.538. The van der Waals surface area contributed by atoms with Crippen molar-refractivity contribution in [3.63, 3.8) is 0 Å². The molecule has 0 atom stereocenters. The second kappa shape index (κ2) is 3.00. The van der Waals surface area contributed by atoms with Crippen molar-refractivity contribution in [1.82, 2.24) is 0 Å². The van der Waals surface area contributed by atoms with Gasteiger partial charge in [-0.05, 0) is 49.9 Å². The number of rotatable bonds is 1. The smallest absolute Gasteiger partial charge is 0.0372 e. The first kappa shape index (κ1) is 9.71. The van der Waals surface area contributed by atoms with Gasteiger partial charge in [0.1, 0.15) is 0 Å². The standard InChI is InChI=1S/C13H16BrN/c1-9-5-11(6-10(2)12(9)14)15-7-13(8-15)3-4-13/h5-6H,3-4,7-8H2,1-2H3. The molecule has 1 saturated heterocycles. The summed E-state index contributed by atoms with van der Waals surface area (Å²) in [5.41, 5.74) is 4.85. The van der Waals surface area contributed by atoms with Gasteiger partial charge in [-0.15, -0.1) is 0 Å². The quantitative estimate of drug-likeness (QED) is 0.749. The minimum absolute atomic E-state index is 0.745.